The molecule has 2 aromatic heterocycles. The van der Waals surface area contributed by atoms with Crippen molar-refractivity contribution in [2.45, 2.75) is 19.4 Å². The Hall–Kier alpha value is -2.37. The summed E-state index contributed by atoms with van der Waals surface area (Å²) < 4.78 is 18.8. The number of anilines is 1. The van der Waals surface area contributed by atoms with Crippen molar-refractivity contribution in [2.24, 2.45) is 0 Å². The number of nitrogens with zero attached hydrogens (tertiary/aromatic N) is 1. The van der Waals surface area contributed by atoms with E-state index in [0.717, 1.165) is 5.76 Å². The van der Waals surface area contributed by atoms with Crippen molar-refractivity contribution in [1.82, 2.24) is 10.3 Å². The molecule has 0 spiro atoms. The third kappa shape index (κ3) is 3.09. The summed E-state index contributed by atoms with van der Waals surface area (Å²) in [5.41, 5.74) is 5.21. The van der Waals surface area contributed by atoms with Gasteiger partial charge in [0.25, 0.3) is 5.91 Å². The highest BCUT2D eigenvalue weighted by Crippen LogP contribution is 2.12. The van der Waals surface area contributed by atoms with Gasteiger partial charge in [-0.2, -0.15) is 0 Å². The Kier molecular flexibility index (Phi) is 3.79. The van der Waals surface area contributed by atoms with E-state index in [0.29, 0.717) is 6.42 Å². The molecule has 1 amide bonds. The normalized spacial score (nSPS) is 12.1. The largest absolute Gasteiger partial charge is 0.469 e. The summed E-state index contributed by atoms with van der Waals surface area (Å²) in [7, 11) is 0. The number of rotatable bonds is 4. The summed E-state index contributed by atoms with van der Waals surface area (Å²) in [5, 5.41) is 2.68. The summed E-state index contributed by atoms with van der Waals surface area (Å²) in [6, 6.07) is 4.69. The van der Waals surface area contributed by atoms with Crippen LogP contribution in [0.3, 0.4) is 0 Å². The lowest BCUT2D eigenvalue weighted by Crippen LogP contribution is -2.34. The maximum Gasteiger partial charge on any atom is 0.254 e. The minimum Gasteiger partial charge on any atom is -0.469 e. The molecule has 1 atom stereocenters. The molecule has 0 fully saturated rings. The maximum absolute atomic E-state index is 13.6. The lowest BCUT2D eigenvalue weighted by Gasteiger charge is -2.13. The Morgan fingerprint density at radius 2 is 2.37 bits per heavy atom. The van der Waals surface area contributed by atoms with Gasteiger partial charge in [0, 0.05) is 18.7 Å². The molecule has 19 heavy (non-hydrogen) atoms. The SMILES string of the molecule is CC(Cc1ccco1)NC(=O)c1ccnc(N)c1F. The molecule has 0 aliphatic heterocycles. The number of carbonyl (C=O) groups excluding carboxylic acids is 1. The monoisotopic (exact) mass is 263 g/mol. The first-order chi connectivity index (χ1) is 9.08. The van der Waals surface area contributed by atoms with Gasteiger partial charge in [0.2, 0.25) is 0 Å². The van der Waals surface area contributed by atoms with E-state index in [9.17, 15) is 9.18 Å². The van der Waals surface area contributed by atoms with Gasteiger partial charge < -0.3 is 15.5 Å². The van der Waals surface area contributed by atoms with Crippen molar-refractivity contribution in [1.29, 1.82) is 0 Å². The van der Waals surface area contributed by atoms with Crippen molar-refractivity contribution in [3.8, 4) is 0 Å². The van der Waals surface area contributed by atoms with E-state index in [4.69, 9.17) is 10.2 Å². The molecule has 0 aliphatic rings. The molecule has 2 aromatic rings. The quantitative estimate of drug-likeness (QED) is 0.880. The molecule has 0 aromatic carbocycles. The first kappa shape index (κ1) is 13.1. The molecular formula is C13H14FN3O2. The number of nitrogens with two attached hydrogens (primary N) is 1. The number of nitrogens with one attached hydrogen (secondary N) is 1. The highest BCUT2D eigenvalue weighted by Gasteiger charge is 2.17. The van der Waals surface area contributed by atoms with Gasteiger partial charge >= 0.3 is 0 Å². The topological polar surface area (TPSA) is 81.2 Å². The Balaban J connectivity index is 2.02. The van der Waals surface area contributed by atoms with E-state index in [1.807, 2.05) is 13.0 Å². The van der Waals surface area contributed by atoms with Crippen LogP contribution in [0.5, 0.6) is 0 Å². The fraction of sp³-hybridized carbons (Fsp3) is 0.231. The van der Waals surface area contributed by atoms with Crippen LogP contribution in [-0.4, -0.2) is 16.9 Å². The number of amides is 1. The average Bonchev–Trinajstić information content (AvgIpc) is 2.85. The number of pyridine rings is 1. The van der Waals surface area contributed by atoms with Crippen LogP contribution in [0, 0.1) is 5.82 Å². The van der Waals surface area contributed by atoms with Gasteiger partial charge in [-0.05, 0) is 25.1 Å². The molecule has 0 saturated carbocycles. The summed E-state index contributed by atoms with van der Waals surface area (Å²) in [6.45, 7) is 1.81. The van der Waals surface area contributed by atoms with E-state index in [2.05, 4.69) is 10.3 Å². The number of carbonyl (C=O) groups is 1. The van der Waals surface area contributed by atoms with Crippen molar-refractivity contribution in [3.63, 3.8) is 0 Å². The summed E-state index contributed by atoms with van der Waals surface area (Å²) in [6.07, 6.45) is 3.39. The zero-order valence-corrected chi connectivity index (χ0v) is 10.4. The first-order valence-electron chi connectivity index (χ1n) is 5.81. The van der Waals surface area contributed by atoms with Gasteiger partial charge in [-0.3, -0.25) is 4.79 Å². The van der Waals surface area contributed by atoms with Crippen LogP contribution < -0.4 is 11.1 Å². The number of hydrogen-bond donors (Lipinski definition) is 2. The molecule has 2 heterocycles. The van der Waals surface area contributed by atoms with Crippen LogP contribution in [0.2, 0.25) is 0 Å². The van der Waals surface area contributed by atoms with Crippen molar-refractivity contribution in [2.75, 3.05) is 5.73 Å². The molecule has 2 rings (SSSR count). The lowest BCUT2D eigenvalue weighted by molar-refractivity contribution is 0.0935. The van der Waals surface area contributed by atoms with Crippen LogP contribution >= 0.6 is 0 Å². The summed E-state index contributed by atoms with van der Waals surface area (Å²) in [5.74, 6) is -0.857. The van der Waals surface area contributed by atoms with Crippen LogP contribution in [-0.2, 0) is 6.42 Å². The molecule has 6 heteroatoms. The molecule has 0 saturated heterocycles. The van der Waals surface area contributed by atoms with Crippen LogP contribution in [0.1, 0.15) is 23.0 Å². The number of aromatic nitrogens is 1. The smallest absolute Gasteiger partial charge is 0.254 e. The van der Waals surface area contributed by atoms with Gasteiger partial charge in [-0.25, -0.2) is 9.37 Å². The van der Waals surface area contributed by atoms with E-state index in [1.54, 1.807) is 12.3 Å². The van der Waals surface area contributed by atoms with E-state index in [-0.39, 0.29) is 17.4 Å². The predicted octanol–water partition coefficient (Wildman–Crippen LogP) is 1.76. The molecule has 100 valence electrons. The summed E-state index contributed by atoms with van der Waals surface area (Å²) >= 11 is 0. The molecule has 0 aliphatic carbocycles. The van der Waals surface area contributed by atoms with E-state index in [1.165, 1.54) is 12.3 Å². The molecule has 5 nitrogen and oxygen atoms in total. The fourth-order valence-electron chi connectivity index (χ4n) is 1.72. The lowest BCUT2D eigenvalue weighted by atomic mass is 10.1. The average molecular weight is 263 g/mol. The Labute approximate surface area is 109 Å². The van der Waals surface area contributed by atoms with Crippen LogP contribution in [0.15, 0.2) is 35.1 Å². The van der Waals surface area contributed by atoms with Gasteiger partial charge in [-0.15, -0.1) is 0 Å². The number of furan rings is 1. The van der Waals surface area contributed by atoms with Gasteiger partial charge in [0.15, 0.2) is 11.6 Å². The molecule has 1 unspecified atom stereocenters. The van der Waals surface area contributed by atoms with Crippen LogP contribution in [0.4, 0.5) is 10.2 Å². The first-order valence-corrected chi connectivity index (χ1v) is 5.81. The Morgan fingerprint density at radius 1 is 1.58 bits per heavy atom. The number of halogens is 1. The third-order valence-corrected chi connectivity index (χ3v) is 2.63. The Bertz CT molecular complexity index is 569. The van der Waals surface area contributed by atoms with Crippen molar-refractivity contribution >= 4 is 11.7 Å². The van der Waals surface area contributed by atoms with E-state index < -0.39 is 11.7 Å². The molecular weight excluding hydrogens is 249 g/mol. The Morgan fingerprint density at radius 3 is 3.05 bits per heavy atom. The van der Waals surface area contributed by atoms with Gasteiger partial charge in [0.05, 0.1) is 11.8 Å². The van der Waals surface area contributed by atoms with Gasteiger partial charge in [0.1, 0.15) is 5.76 Å². The zero-order valence-electron chi connectivity index (χ0n) is 10.4. The fourth-order valence-corrected chi connectivity index (χ4v) is 1.72. The summed E-state index contributed by atoms with van der Waals surface area (Å²) in [4.78, 5) is 15.5. The van der Waals surface area contributed by atoms with E-state index >= 15 is 0 Å². The molecule has 0 bridgehead atoms. The van der Waals surface area contributed by atoms with Gasteiger partial charge in [-0.1, -0.05) is 0 Å². The standard InChI is InChI=1S/C13H14FN3O2/c1-8(7-9-3-2-6-19-9)17-13(18)10-4-5-16-12(15)11(10)14/h2-6,8H,7H2,1H3,(H2,15,16)(H,17,18). The molecule has 0 radical (unpaired) electrons. The van der Waals surface area contributed by atoms with Crippen LogP contribution in [0.25, 0.3) is 0 Å². The van der Waals surface area contributed by atoms with Crippen molar-refractivity contribution in [3.05, 3.63) is 47.8 Å². The second-order valence-electron chi connectivity index (χ2n) is 4.22. The minimum atomic E-state index is -0.801. The third-order valence-electron chi connectivity index (χ3n) is 2.63. The highest BCUT2D eigenvalue weighted by molar-refractivity contribution is 5.95. The second kappa shape index (κ2) is 5.51. The molecule has 3 N–H and O–H groups in total. The predicted molar refractivity (Wildman–Crippen MR) is 67.9 cm³/mol. The minimum absolute atomic E-state index is 0.112. The number of nitrogen functional groups attached to an aromatic ring is 1. The number of hydrogen-bond acceptors (Lipinski definition) is 4. The second-order valence-corrected chi connectivity index (χ2v) is 4.22. The maximum atomic E-state index is 13.6. The highest BCUT2D eigenvalue weighted by atomic mass is 19.1. The zero-order chi connectivity index (χ0) is 13.8. The van der Waals surface area contributed by atoms with Crippen molar-refractivity contribution < 1.29 is 13.6 Å².